The van der Waals surface area contributed by atoms with Crippen molar-refractivity contribution < 1.29 is 23.5 Å². The minimum atomic E-state index is -0.461. The Balaban J connectivity index is 1.60. The fourth-order valence-electron chi connectivity index (χ4n) is 3.88. The van der Waals surface area contributed by atoms with Crippen LogP contribution in [0.2, 0.25) is 0 Å². The van der Waals surface area contributed by atoms with Crippen LogP contribution in [0.15, 0.2) is 17.0 Å². The molecule has 0 amide bonds. The normalized spacial score (nSPS) is 18.6. The number of thioether (sulfide) groups is 1. The van der Waals surface area contributed by atoms with E-state index < -0.39 is 11.4 Å². The molecule has 28 heavy (non-hydrogen) atoms. The van der Waals surface area contributed by atoms with Gasteiger partial charge < -0.3 is 14.4 Å². The fraction of sp³-hybridized carbons (Fsp3) is 0.619. The molecule has 154 valence electrons. The van der Waals surface area contributed by atoms with Gasteiger partial charge in [0.25, 0.3) is 0 Å². The maximum Gasteiger partial charge on any atom is 0.307 e. The van der Waals surface area contributed by atoms with E-state index in [1.54, 1.807) is 6.07 Å². The van der Waals surface area contributed by atoms with Crippen LogP contribution in [0.4, 0.5) is 4.39 Å². The summed E-state index contributed by atoms with van der Waals surface area (Å²) in [4.78, 5) is 25.8. The minimum absolute atomic E-state index is 0.148. The van der Waals surface area contributed by atoms with Crippen LogP contribution in [0.5, 0.6) is 5.75 Å². The number of likely N-dealkylation sites (tertiary alicyclic amines) is 1. The van der Waals surface area contributed by atoms with Crippen molar-refractivity contribution in [1.82, 2.24) is 4.90 Å². The summed E-state index contributed by atoms with van der Waals surface area (Å²) in [7, 11) is 0. The lowest BCUT2D eigenvalue weighted by Crippen LogP contribution is -2.44. The molecule has 3 rings (SSSR count). The lowest BCUT2D eigenvalue weighted by Gasteiger charge is -2.38. The number of nitrogens with zero attached hydrogens (tertiary/aromatic N) is 1. The highest BCUT2D eigenvalue weighted by atomic mass is 32.2. The van der Waals surface area contributed by atoms with Gasteiger partial charge in [-0.15, -0.1) is 0 Å². The molecule has 0 aromatic heterocycles. The first-order valence-corrected chi connectivity index (χ1v) is 10.5. The third-order valence-corrected chi connectivity index (χ3v) is 6.07. The fourth-order valence-corrected chi connectivity index (χ4v) is 4.51. The third-order valence-electron chi connectivity index (χ3n) is 5.24. The van der Waals surface area contributed by atoms with Crippen molar-refractivity contribution in [2.75, 3.05) is 26.2 Å². The summed E-state index contributed by atoms with van der Waals surface area (Å²) >= 11 is 0.894. The van der Waals surface area contributed by atoms with Crippen molar-refractivity contribution in [2.24, 2.45) is 0 Å². The van der Waals surface area contributed by atoms with Crippen LogP contribution in [0.3, 0.4) is 0 Å². The number of esters is 1. The molecule has 1 spiro atoms. The van der Waals surface area contributed by atoms with Gasteiger partial charge in [0.15, 0.2) is 16.7 Å². The SMILES string of the molecule is CC(=O)Sc1ccc2c(c1F)OCC21CCN(CCC(=O)OC(C)(C)C)CC1. The summed E-state index contributed by atoms with van der Waals surface area (Å²) in [5, 5.41) is -0.148. The molecular weight excluding hydrogens is 381 g/mol. The summed E-state index contributed by atoms with van der Waals surface area (Å²) in [6.45, 7) is 9.82. The van der Waals surface area contributed by atoms with Crippen molar-refractivity contribution in [3.05, 3.63) is 23.5 Å². The first-order valence-electron chi connectivity index (χ1n) is 9.68. The molecule has 1 aromatic carbocycles. The van der Waals surface area contributed by atoms with E-state index in [2.05, 4.69) is 4.90 Å². The van der Waals surface area contributed by atoms with E-state index in [0.717, 1.165) is 43.3 Å². The molecule has 0 aliphatic carbocycles. The van der Waals surface area contributed by atoms with Gasteiger partial charge in [0.1, 0.15) is 5.60 Å². The zero-order valence-electron chi connectivity index (χ0n) is 17.0. The van der Waals surface area contributed by atoms with Crippen LogP contribution >= 0.6 is 11.8 Å². The number of hydrogen-bond acceptors (Lipinski definition) is 6. The summed E-state index contributed by atoms with van der Waals surface area (Å²) in [5.74, 6) is -0.310. The molecule has 0 bridgehead atoms. The second kappa shape index (κ2) is 8.03. The molecular formula is C21H28FNO4S. The number of rotatable bonds is 4. The van der Waals surface area contributed by atoms with Gasteiger partial charge in [-0.3, -0.25) is 9.59 Å². The standard InChI is InChI=1S/C21H28FNO4S/c1-14(24)28-16-6-5-15-19(18(16)22)26-13-21(15)8-11-23(12-9-21)10-7-17(25)27-20(2,3)4/h5-6H,7-13H2,1-4H3. The number of piperidine rings is 1. The summed E-state index contributed by atoms with van der Waals surface area (Å²) in [6.07, 6.45) is 2.08. The Morgan fingerprint density at radius 3 is 2.57 bits per heavy atom. The van der Waals surface area contributed by atoms with Crippen molar-refractivity contribution in [3.63, 3.8) is 0 Å². The molecule has 0 saturated carbocycles. The minimum Gasteiger partial charge on any atom is -0.489 e. The van der Waals surface area contributed by atoms with Crippen molar-refractivity contribution >= 4 is 22.8 Å². The zero-order valence-corrected chi connectivity index (χ0v) is 17.8. The van der Waals surface area contributed by atoms with Gasteiger partial charge in [-0.05, 0) is 64.5 Å². The maximum absolute atomic E-state index is 14.7. The molecule has 0 N–H and O–H groups in total. The average molecular weight is 410 g/mol. The Labute approximate surface area is 169 Å². The topological polar surface area (TPSA) is 55.8 Å². The Morgan fingerprint density at radius 1 is 1.29 bits per heavy atom. The second-order valence-corrected chi connectivity index (χ2v) is 9.81. The lowest BCUT2D eigenvalue weighted by atomic mass is 9.74. The molecule has 0 atom stereocenters. The summed E-state index contributed by atoms with van der Waals surface area (Å²) in [5.41, 5.74) is 0.264. The number of halogens is 1. The molecule has 2 heterocycles. The van der Waals surface area contributed by atoms with Gasteiger partial charge in [0.2, 0.25) is 0 Å². The van der Waals surface area contributed by atoms with Gasteiger partial charge in [0.05, 0.1) is 17.9 Å². The Hall–Kier alpha value is -1.60. The molecule has 1 fully saturated rings. The van der Waals surface area contributed by atoms with Crippen molar-refractivity contribution in [3.8, 4) is 5.75 Å². The monoisotopic (exact) mass is 409 g/mol. The number of benzene rings is 1. The van der Waals surface area contributed by atoms with Crippen LogP contribution in [0, 0.1) is 5.82 Å². The quantitative estimate of drug-likeness (QED) is 0.555. The molecule has 2 aliphatic rings. The zero-order chi connectivity index (χ0) is 20.5. The summed E-state index contributed by atoms with van der Waals surface area (Å²) in [6, 6.07) is 3.60. The van der Waals surface area contributed by atoms with Gasteiger partial charge in [-0.2, -0.15) is 0 Å². The van der Waals surface area contributed by atoms with E-state index in [4.69, 9.17) is 9.47 Å². The molecule has 0 unspecified atom stereocenters. The number of hydrogen-bond donors (Lipinski definition) is 0. The molecule has 7 heteroatoms. The lowest BCUT2D eigenvalue weighted by molar-refractivity contribution is -0.155. The van der Waals surface area contributed by atoms with Crippen molar-refractivity contribution in [1.29, 1.82) is 0 Å². The first kappa shape index (κ1) is 21.1. The number of carbonyl (C=O) groups excluding carboxylic acids is 2. The van der Waals surface area contributed by atoms with E-state index in [0.29, 0.717) is 30.2 Å². The van der Waals surface area contributed by atoms with E-state index in [9.17, 15) is 14.0 Å². The van der Waals surface area contributed by atoms with Gasteiger partial charge >= 0.3 is 5.97 Å². The Bertz CT molecular complexity index is 766. The maximum atomic E-state index is 14.7. The van der Waals surface area contributed by atoms with Gasteiger partial charge in [0, 0.05) is 24.4 Å². The number of carbonyl (C=O) groups is 2. The molecule has 0 radical (unpaired) electrons. The first-order chi connectivity index (χ1) is 13.1. The van der Waals surface area contributed by atoms with Crippen LogP contribution in [-0.4, -0.2) is 47.8 Å². The molecule has 5 nitrogen and oxygen atoms in total. The van der Waals surface area contributed by atoms with Crippen LogP contribution in [0.1, 0.15) is 52.5 Å². The van der Waals surface area contributed by atoms with Crippen LogP contribution in [0.25, 0.3) is 0 Å². The van der Waals surface area contributed by atoms with Crippen LogP contribution < -0.4 is 4.74 Å². The highest BCUT2D eigenvalue weighted by Crippen LogP contribution is 2.48. The Kier molecular flexibility index (Phi) is 6.05. The molecule has 1 saturated heterocycles. The highest BCUT2D eigenvalue weighted by Gasteiger charge is 2.44. The molecule has 2 aliphatic heterocycles. The molecule has 1 aromatic rings. The van der Waals surface area contributed by atoms with E-state index in [1.165, 1.54) is 6.92 Å². The predicted octanol–water partition coefficient (Wildman–Crippen LogP) is 3.92. The van der Waals surface area contributed by atoms with E-state index in [-0.39, 0.29) is 16.5 Å². The third kappa shape index (κ3) is 4.69. The highest BCUT2D eigenvalue weighted by molar-refractivity contribution is 8.13. The smallest absolute Gasteiger partial charge is 0.307 e. The van der Waals surface area contributed by atoms with Crippen LogP contribution in [-0.2, 0) is 19.7 Å². The van der Waals surface area contributed by atoms with E-state index in [1.807, 2.05) is 26.8 Å². The van der Waals surface area contributed by atoms with Gasteiger partial charge in [-0.25, -0.2) is 4.39 Å². The Morgan fingerprint density at radius 2 is 1.96 bits per heavy atom. The predicted molar refractivity (Wildman–Crippen MR) is 106 cm³/mol. The largest absolute Gasteiger partial charge is 0.489 e. The number of fused-ring (bicyclic) bond motifs is 2. The second-order valence-electron chi connectivity index (χ2n) is 8.60. The average Bonchev–Trinajstić information content (AvgIpc) is 2.94. The van der Waals surface area contributed by atoms with Crippen molar-refractivity contribution in [2.45, 2.75) is 62.9 Å². The van der Waals surface area contributed by atoms with Gasteiger partial charge in [-0.1, -0.05) is 6.07 Å². The number of ether oxygens (including phenoxy) is 2. The van der Waals surface area contributed by atoms with E-state index >= 15 is 0 Å². The summed E-state index contributed by atoms with van der Waals surface area (Å²) < 4.78 is 25.8.